The summed E-state index contributed by atoms with van der Waals surface area (Å²) in [5, 5.41) is 3.20. The molecule has 4 nitrogen and oxygen atoms in total. The number of amides is 1. The van der Waals surface area contributed by atoms with Gasteiger partial charge >= 0.3 is 0 Å². The second-order valence-corrected chi connectivity index (χ2v) is 7.68. The zero-order chi connectivity index (χ0) is 20.7. The number of rotatable bonds is 9. The molecule has 0 radical (unpaired) electrons. The molecule has 2 rings (SSSR count). The van der Waals surface area contributed by atoms with E-state index in [4.69, 9.17) is 9.47 Å². The monoisotopic (exact) mass is 383 g/mol. The Bertz CT molecular complexity index is 768. The van der Waals surface area contributed by atoms with E-state index in [0.29, 0.717) is 12.3 Å². The van der Waals surface area contributed by atoms with E-state index < -0.39 is 6.10 Å². The highest BCUT2D eigenvalue weighted by atomic mass is 16.5. The predicted octanol–water partition coefficient (Wildman–Crippen LogP) is 5.37. The number of carbonyl (C=O) groups is 1. The summed E-state index contributed by atoms with van der Waals surface area (Å²) in [6, 6.07) is 13.8. The number of nitrogens with one attached hydrogen (secondary N) is 1. The van der Waals surface area contributed by atoms with Crippen LogP contribution >= 0.6 is 0 Å². The first-order valence-electron chi connectivity index (χ1n) is 10.0. The molecule has 0 spiro atoms. The molecule has 1 amide bonds. The number of methoxy groups -OCH3 is 1. The van der Waals surface area contributed by atoms with Crippen LogP contribution in [0.25, 0.3) is 0 Å². The third-order valence-corrected chi connectivity index (χ3v) is 5.03. The van der Waals surface area contributed by atoms with Gasteiger partial charge in [0.1, 0.15) is 11.5 Å². The smallest absolute Gasteiger partial charge is 0.261 e. The van der Waals surface area contributed by atoms with E-state index >= 15 is 0 Å². The highest BCUT2D eigenvalue weighted by Crippen LogP contribution is 2.25. The number of aryl methyl sites for hydroxylation is 1. The highest BCUT2D eigenvalue weighted by molar-refractivity contribution is 5.81. The average molecular weight is 384 g/mol. The van der Waals surface area contributed by atoms with Crippen molar-refractivity contribution in [3.8, 4) is 11.5 Å². The van der Waals surface area contributed by atoms with E-state index in [0.717, 1.165) is 34.6 Å². The molecule has 0 heterocycles. The predicted molar refractivity (Wildman–Crippen MR) is 114 cm³/mol. The van der Waals surface area contributed by atoms with E-state index in [2.05, 4.69) is 19.2 Å². The van der Waals surface area contributed by atoms with Crippen molar-refractivity contribution in [3.63, 3.8) is 0 Å². The topological polar surface area (TPSA) is 47.6 Å². The minimum Gasteiger partial charge on any atom is -0.497 e. The van der Waals surface area contributed by atoms with Crippen molar-refractivity contribution in [2.45, 2.75) is 59.6 Å². The van der Waals surface area contributed by atoms with Crippen LogP contribution in [0.2, 0.25) is 0 Å². The largest absolute Gasteiger partial charge is 0.497 e. The summed E-state index contributed by atoms with van der Waals surface area (Å²) >= 11 is 0. The summed E-state index contributed by atoms with van der Waals surface area (Å²) in [5.41, 5.74) is 3.30. The Balaban J connectivity index is 2.16. The van der Waals surface area contributed by atoms with Gasteiger partial charge < -0.3 is 14.8 Å². The fourth-order valence-corrected chi connectivity index (χ4v) is 3.18. The number of benzene rings is 2. The minimum absolute atomic E-state index is 0.0605. The molecule has 1 N–H and O–H groups in total. The first-order chi connectivity index (χ1) is 13.3. The lowest BCUT2D eigenvalue weighted by Gasteiger charge is -2.25. The van der Waals surface area contributed by atoms with Gasteiger partial charge in [0.05, 0.1) is 13.2 Å². The highest BCUT2D eigenvalue weighted by Gasteiger charge is 2.24. The Hall–Kier alpha value is -2.49. The summed E-state index contributed by atoms with van der Waals surface area (Å²) in [5.74, 6) is 1.95. The van der Waals surface area contributed by atoms with Gasteiger partial charge in [-0.2, -0.15) is 0 Å². The molecule has 0 unspecified atom stereocenters. The van der Waals surface area contributed by atoms with Crippen molar-refractivity contribution in [2.75, 3.05) is 7.11 Å². The van der Waals surface area contributed by atoms with Crippen LogP contribution in [0.15, 0.2) is 42.5 Å². The van der Waals surface area contributed by atoms with E-state index in [1.165, 1.54) is 0 Å². The molecule has 0 aliphatic heterocycles. The first kappa shape index (κ1) is 21.8. The van der Waals surface area contributed by atoms with Crippen molar-refractivity contribution >= 4 is 5.91 Å². The Morgan fingerprint density at radius 2 is 1.75 bits per heavy atom. The van der Waals surface area contributed by atoms with Crippen LogP contribution in [0.4, 0.5) is 0 Å². The van der Waals surface area contributed by atoms with Crippen LogP contribution in [0.5, 0.6) is 11.5 Å². The fourth-order valence-electron chi connectivity index (χ4n) is 3.18. The summed E-state index contributed by atoms with van der Waals surface area (Å²) in [6.45, 7) is 10.4. The van der Waals surface area contributed by atoms with Gasteiger partial charge in [0, 0.05) is 0 Å². The fraction of sp³-hybridized carbons (Fsp3) is 0.458. The zero-order valence-electron chi connectivity index (χ0n) is 17.9. The third-order valence-electron chi connectivity index (χ3n) is 5.03. The standard InChI is InChI=1S/C24H33NO3/c1-7-22(28-23-10-8-9-17(4)18(23)5)24(26)25-21(15-16(2)3)19-11-13-20(27-6)14-12-19/h8-14,16,21-22H,7,15H2,1-6H3,(H,25,26)/t21-,22-/m0/s1. The Morgan fingerprint density at radius 3 is 2.32 bits per heavy atom. The lowest BCUT2D eigenvalue weighted by atomic mass is 9.96. The summed E-state index contributed by atoms with van der Waals surface area (Å²) in [7, 11) is 1.65. The molecule has 28 heavy (non-hydrogen) atoms. The quantitative estimate of drug-likeness (QED) is 0.633. The molecule has 0 saturated carbocycles. The van der Waals surface area contributed by atoms with Crippen molar-refractivity contribution < 1.29 is 14.3 Å². The van der Waals surface area contributed by atoms with Crippen LogP contribution in [-0.4, -0.2) is 19.1 Å². The van der Waals surface area contributed by atoms with Crippen LogP contribution in [-0.2, 0) is 4.79 Å². The van der Waals surface area contributed by atoms with Gasteiger partial charge in [0.25, 0.3) is 5.91 Å². The molecule has 2 aromatic rings. The average Bonchev–Trinajstić information content (AvgIpc) is 2.68. The van der Waals surface area contributed by atoms with Crippen molar-refractivity contribution in [1.29, 1.82) is 0 Å². The molecule has 0 aliphatic carbocycles. The Morgan fingerprint density at radius 1 is 1.07 bits per heavy atom. The second kappa shape index (κ2) is 10.2. The van der Waals surface area contributed by atoms with E-state index in [-0.39, 0.29) is 11.9 Å². The van der Waals surface area contributed by atoms with Crippen molar-refractivity contribution in [1.82, 2.24) is 5.32 Å². The molecule has 0 bridgehead atoms. The summed E-state index contributed by atoms with van der Waals surface area (Å²) in [4.78, 5) is 13.0. The van der Waals surface area contributed by atoms with Gasteiger partial charge in [-0.15, -0.1) is 0 Å². The SMILES string of the molecule is CC[C@H](Oc1cccc(C)c1C)C(=O)N[C@@H](CC(C)C)c1ccc(OC)cc1. The Kier molecular flexibility index (Phi) is 7.91. The number of hydrogen-bond acceptors (Lipinski definition) is 3. The molecular formula is C24H33NO3. The molecule has 4 heteroatoms. The molecule has 0 fully saturated rings. The maximum Gasteiger partial charge on any atom is 0.261 e. The maximum absolute atomic E-state index is 13.0. The number of carbonyl (C=O) groups excluding carboxylic acids is 1. The van der Waals surface area contributed by atoms with Gasteiger partial charge in [0.15, 0.2) is 6.10 Å². The lowest BCUT2D eigenvalue weighted by Crippen LogP contribution is -2.40. The van der Waals surface area contributed by atoms with Crippen LogP contribution in [0.3, 0.4) is 0 Å². The van der Waals surface area contributed by atoms with E-state index in [9.17, 15) is 4.79 Å². The molecule has 152 valence electrons. The molecule has 0 aromatic heterocycles. The van der Waals surface area contributed by atoms with Crippen molar-refractivity contribution in [2.24, 2.45) is 5.92 Å². The molecular weight excluding hydrogens is 350 g/mol. The normalized spacial score (nSPS) is 13.1. The van der Waals surface area contributed by atoms with Crippen molar-refractivity contribution in [3.05, 3.63) is 59.2 Å². The van der Waals surface area contributed by atoms with Gasteiger partial charge in [-0.1, -0.05) is 45.0 Å². The molecule has 0 aliphatic rings. The van der Waals surface area contributed by atoms with Gasteiger partial charge in [-0.05, 0) is 67.5 Å². The molecule has 2 atom stereocenters. The summed E-state index contributed by atoms with van der Waals surface area (Å²) < 4.78 is 11.3. The third kappa shape index (κ3) is 5.75. The van der Waals surface area contributed by atoms with Crippen LogP contribution in [0.1, 0.15) is 56.3 Å². The first-order valence-corrected chi connectivity index (χ1v) is 10.0. The number of ether oxygens (including phenoxy) is 2. The van der Waals surface area contributed by atoms with Gasteiger partial charge in [-0.25, -0.2) is 0 Å². The lowest BCUT2D eigenvalue weighted by molar-refractivity contribution is -0.129. The maximum atomic E-state index is 13.0. The van der Waals surface area contributed by atoms with Crippen LogP contribution < -0.4 is 14.8 Å². The summed E-state index contributed by atoms with van der Waals surface area (Å²) in [6.07, 6.45) is 0.946. The van der Waals surface area contributed by atoms with Gasteiger partial charge in [0.2, 0.25) is 0 Å². The van der Waals surface area contributed by atoms with Gasteiger partial charge in [-0.3, -0.25) is 4.79 Å². The molecule has 0 saturated heterocycles. The van der Waals surface area contributed by atoms with E-state index in [1.54, 1.807) is 7.11 Å². The Labute approximate surface area is 169 Å². The second-order valence-electron chi connectivity index (χ2n) is 7.68. The molecule has 2 aromatic carbocycles. The van der Waals surface area contributed by atoms with E-state index in [1.807, 2.05) is 63.2 Å². The van der Waals surface area contributed by atoms with Crippen LogP contribution in [0, 0.1) is 19.8 Å². The minimum atomic E-state index is -0.520. The zero-order valence-corrected chi connectivity index (χ0v) is 17.9. The number of hydrogen-bond donors (Lipinski definition) is 1.